The van der Waals surface area contributed by atoms with Crippen LogP contribution in [-0.2, 0) is 65.4 Å². The number of hydrogen-bond donors (Lipinski definition) is 3. The molecular weight excluding hydrogens is 1280 g/mol. The summed E-state index contributed by atoms with van der Waals surface area (Å²) >= 11 is 0. The van der Waals surface area contributed by atoms with Crippen molar-refractivity contribution in [1.29, 1.82) is 0 Å². The summed E-state index contributed by atoms with van der Waals surface area (Å²) in [5.74, 6) is -2.31. The molecule has 0 aromatic rings. The van der Waals surface area contributed by atoms with Gasteiger partial charge in [0.1, 0.15) is 19.3 Å². The highest BCUT2D eigenvalue weighted by Gasteiger charge is 2.30. The summed E-state index contributed by atoms with van der Waals surface area (Å²) in [6.45, 7) is 4.44. The van der Waals surface area contributed by atoms with E-state index in [-0.39, 0.29) is 25.7 Å². The van der Waals surface area contributed by atoms with Crippen LogP contribution < -0.4 is 0 Å². The number of allylic oxidation sites excluding steroid dienone is 22. The highest BCUT2D eigenvalue weighted by atomic mass is 31.2. The van der Waals surface area contributed by atoms with E-state index < -0.39 is 97.5 Å². The van der Waals surface area contributed by atoms with Crippen molar-refractivity contribution < 1.29 is 80.2 Å². The molecule has 17 nitrogen and oxygen atoms in total. The predicted molar refractivity (Wildman–Crippen MR) is 399 cm³/mol. The molecule has 0 aromatic heterocycles. The maximum Gasteiger partial charge on any atom is 0.472 e. The van der Waals surface area contributed by atoms with Crippen molar-refractivity contribution >= 4 is 39.5 Å². The number of carbonyl (C=O) groups is 4. The van der Waals surface area contributed by atoms with E-state index in [1.807, 2.05) is 18.2 Å². The number of ether oxygens (including phenoxy) is 4. The molecule has 0 radical (unpaired) electrons. The van der Waals surface area contributed by atoms with Crippen LogP contribution in [0.1, 0.15) is 285 Å². The quantitative estimate of drug-likeness (QED) is 0.0169. The molecule has 0 aliphatic carbocycles. The van der Waals surface area contributed by atoms with Gasteiger partial charge in [-0.25, -0.2) is 9.13 Å². The molecular formula is C79H132O17P2. The first-order valence-corrected chi connectivity index (χ1v) is 40.4. The largest absolute Gasteiger partial charge is 0.472 e. The van der Waals surface area contributed by atoms with Gasteiger partial charge in [-0.3, -0.25) is 37.3 Å². The minimum absolute atomic E-state index is 0.0301. The molecule has 560 valence electrons. The Morgan fingerprint density at radius 1 is 0.296 bits per heavy atom. The fourth-order valence-electron chi connectivity index (χ4n) is 9.47. The van der Waals surface area contributed by atoms with Crippen molar-refractivity contribution in [3.63, 3.8) is 0 Å². The number of rotatable bonds is 69. The zero-order chi connectivity index (χ0) is 71.8. The third-order valence-electron chi connectivity index (χ3n) is 15.1. The van der Waals surface area contributed by atoms with Crippen molar-refractivity contribution in [2.75, 3.05) is 39.6 Å². The Morgan fingerprint density at radius 3 is 0.918 bits per heavy atom. The first-order chi connectivity index (χ1) is 47.7. The molecule has 0 aliphatic heterocycles. The second-order valence-corrected chi connectivity index (χ2v) is 27.4. The van der Waals surface area contributed by atoms with E-state index in [1.54, 1.807) is 0 Å². The van der Waals surface area contributed by atoms with Crippen LogP contribution in [0.25, 0.3) is 0 Å². The number of aliphatic hydroxyl groups is 1. The van der Waals surface area contributed by atoms with Gasteiger partial charge >= 0.3 is 39.5 Å². The Bertz CT molecular complexity index is 2380. The van der Waals surface area contributed by atoms with Gasteiger partial charge in [-0.2, -0.15) is 0 Å². The SMILES string of the molecule is CC/C=C\C/C=C\C/C=C\C/C=C\C/C=C\C/C=C\CCC(=O)OCC(COP(=O)(O)OCC(O)COP(=O)(O)OCC(COC(=O)CCCCCCC/C=C\C/C=C\C/C=C\CC)OC(=O)CCCCCCCCCCCCC)OC(=O)CCCCCCC/C=C\C/C=C\CCC. The summed E-state index contributed by atoms with van der Waals surface area (Å²) in [7, 11) is -9.98. The molecule has 0 spiro atoms. The third kappa shape index (κ3) is 69.7. The molecule has 98 heavy (non-hydrogen) atoms. The van der Waals surface area contributed by atoms with Gasteiger partial charge in [-0.15, -0.1) is 0 Å². The number of carbonyl (C=O) groups excluding carboxylic acids is 4. The van der Waals surface area contributed by atoms with Crippen LogP contribution in [0.5, 0.6) is 0 Å². The maximum atomic E-state index is 13.1. The van der Waals surface area contributed by atoms with E-state index in [4.69, 9.17) is 37.0 Å². The summed E-state index contributed by atoms with van der Waals surface area (Å²) in [6.07, 6.45) is 77.5. The minimum atomic E-state index is -4.99. The van der Waals surface area contributed by atoms with E-state index in [0.717, 1.165) is 161 Å². The molecule has 5 atom stereocenters. The Kier molecular flexibility index (Phi) is 67.2. The van der Waals surface area contributed by atoms with Crippen molar-refractivity contribution in [3.05, 3.63) is 134 Å². The highest BCUT2D eigenvalue weighted by molar-refractivity contribution is 7.47. The topological polar surface area (TPSA) is 237 Å². The van der Waals surface area contributed by atoms with Gasteiger partial charge < -0.3 is 33.8 Å². The summed E-state index contributed by atoms with van der Waals surface area (Å²) < 4.78 is 68.3. The van der Waals surface area contributed by atoms with Gasteiger partial charge in [-0.05, 0) is 122 Å². The van der Waals surface area contributed by atoms with Crippen LogP contribution in [0.2, 0.25) is 0 Å². The smallest absolute Gasteiger partial charge is 0.462 e. The second-order valence-electron chi connectivity index (χ2n) is 24.5. The number of esters is 4. The lowest BCUT2D eigenvalue weighted by Gasteiger charge is -2.21. The summed E-state index contributed by atoms with van der Waals surface area (Å²) in [4.78, 5) is 72.7. The summed E-state index contributed by atoms with van der Waals surface area (Å²) in [5, 5.41) is 10.6. The Morgan fingerprint density at radius 2 is 0.571 bits per heavy atom. The molecule has 19 heteroatoms. The molecule has 5 unspecified atom stereocenters. The summed E-state index contributed by atoms with van der Waals surface area (Å²) in [6, 6.07) is 0. The average Bonchev–Trinajstić information content (AvgIpc) is 0.972. The van der Waals surface area contributed by atoms with Gasteiger partial charge in [0, 0.05) is 25.7 Å². The Labute approximate surface area is 593 Å². The number of phosphoric acid groups is 2. The van der Waals surface area contributed by atoms with Gasteiger partial charge in [0.05, 0.1) is 26.4 Å². The van der Waals surface area contributed by atoms with Gasteiger partial charge in [0.2, 0.25) is 0 Å². The van der Waals surface area contributed by atoms with Crippen LogP contribution in [0.3, 0.4) is 0 Å². The van der Waals surface area contributed by atoms with E-state index in [9.17, 15) is 43.2 Å². The maximum absolute atomic E-state index is 13.1. The van der Waals surface area contributed by atoms with Crippen LogP contribution in [0, 0.1) is 0 Å². The van der Waals surface area contributed by atoms with Gasteiger partial charge in [-0.1, -0.05) is 271 Å². The molecule has 0 heterocycles. The normalized spacial score (nSPS) is 14.7. The lowest BCUT2D eigenvalue weighted by Crippen LogP contribution is -2.30. The zero-order valence-corrected chi connectivity index (χ0v) is 62.7. The summed E-state index contributed by atoms with van der Waals surface area (Å²) in [5.41, 5.74) is 0. The van der Waals surface area contributed by atoms with Crippen LogP contribution in [0.4, 0.5) is 0 Å². The fraction of sp³-hybridized carbons (Fsp3) is 0.671. The number of unbranched alkanes of at least 4 members (excludes halogenated alkanes) is 21. The lowest BCUT2D eigenvalue weighted by molar-refractivity contribution is -0.161. The van der Waals surface area contributed by atoms with Crippen molar-refractivity contribution in [1.82, 2.24) is 0 Å². The molecule has 0 aromatic carbocycles. The standard InChI is InChI=1S/C79H132O17P2/c1-5-9-13-17-21-25-29-32-34-35-36-37-39-42-45-48-52-56-60-64-77(82)90-70-75(96-79(84)66-62-58-54-50-46-40-31-27-23-19-15-11-7-3)72-94-98(87,88)92-68-73(80)67-91-97(85,86)93-71-74(95-78(83)65-61-57-53-49-43-28-24-20-16-12-8-4)69-89-76(81)63-59-55-51-47-44-41-38-33-30-26-22-18-14-10-6-2/h9-10,13-15,19,21-22,25-27,31-34,36-38,42,45,52,56,73-75,80H,5-8,11-12,16-18,20,23-24,28-30,35,39-41,43-44,46-51,53-55,57-72H2,1-4H3,(H,85,86)(H,87,88)/b13-9-,14-10-,19-15-,25-21-,26-22-,31-27-,34-32-,37-36-,38-33-,45-42-,56-52-. The van der Waals surface area contributed by atoms with E-state index in [1.165, 1.54) is 38.5 Å². The van der Waals surface area contributed by atoms with Crippen LogP contribution in [0.15, 0.2) is 134 Å². The lowest BCUT2D eigenvalue weighted by atomic mass is 10.1. The molecule has 0 saturated heterocycles. The third-order valence-corrected chi connectivity index (χ3v) is 17.0. The van der Waals surface area contributed by atoms with Crippen molar-refractivity contribution in [2.24, 2.45) is 0 Å². The van der Waals surface area contributed by atoms with E-state index in [0.29, 0.717) is 32.1 Å². The molecule has 0 rings (SSSR count). The average molecular weight is 1420 g/mol. The van der Waals surface area contributed by atoms with E-state index >= 15 is 0 Å². The molecule has 0 fully saturated rings. The van der Waals surface area contributed by atoms with Crippen molar-refractivity contribution in [3.8, 4) is 0 Å². The highest BCUT2D eigenvalue weighted by Crippen LogP contribution is 2.45. The predicted octanol–water partition coefficient (Wildman–Crippen LogP) is 21.3. The van der Waals surface area contributed by atoms with Gasteiger partial charge in [0.15, 0.2) is 12.2 Å². The first kappa shape index (κ1) is 93.2. The fourth-order valence-corrected chi connectivity index (χ4v) is 11.1. The Balaban J connectivity index is 5.40. The number of aliphatic hydroxyl groups excluding tert-OH is 1. The molecule has 3 N–H and O–H groups in total. The van der Waals surface area contributed by atoms with E-state index in [2.05, 4.69) is 143 Å². The first-order valence-electron chi connectivity index (χ1n) is 37.4. The molecule has 0 amide bonds. The van der Waals surface area contributed by atoms with Crippen LogP contribution >= 0.6 is 15.6 Å². The molecule has 0 bridgehead atoms. The molecule has 0 saturated carbocycles. The molecule has 0 aliphatic rings. The second kappa shape index (κ2) is 70.6. The number of hydrogen-bond acceptors (Lipinski definition) is 15. The monoisotopic (exact) mass is 1410 g/mol. The Hall–Kier alpha value is -4.80. The van der Waals surface area contributed by atoms with Gasteiger partial charge in [0.25, 0.3) is 0 Å². The minimum Gasteiger partial charge on any atom is -0.462 e. The van der Waals surface area contributed by atoms with Crippen LogP contribution in [-0.4, -0.2) is 96.7 Å². The zero-order valence-electron chi connectivity index (χ0n) is 60.9. The number of phosphoric ester groups is 2. The van der Waals surface area contributed by atoms with Crippen molar-refractivity contribution in [2.45, 2.75) is 303 Å².